The number of carbonyl (C=O) groups is 2. The van der Waals surface area contributed by atoms with Gasteiger partial charge < -0.3 is 15.7 Å². The van der Waals surface area contributed by atoms with Gasteiger partial charge in [-0.2, -0.15) is 5.26 Å². The first kappa shape index (κ1) is 21.9. The van der Waals surface area contributed by atoms with Crippen molar-refractivity contribution in [3.05, 3.63) is 59.1 Å². The molecule has 2 aromatic carbocycles. The molecule has 0 spiro atoms. The number of nitrogens with one attached hydrogen (secondary N) is 2. The summed E-state index contributed by atoms with van der Waals surface area (Å²) in [5.74, 6) is -0.646. The SMILES string of the molecule is N#CCNC(=O)[C@H](Cc1cc(I)c(O)c(I)c1)NC(=O)c1ccc(Br)cc1. The molecule has 27 heavy (non-hydrogen) atoms. The summed E-state index contributed by atoms with van der Waals surface area (Å²) in [6, 6.07) is 11.3. The van der Waals surface area contributed by atoms with E-state index in [0.29, 0.717) is 12.7 Å². The number of carbonyl (C=O) groups excluding carboxylic acids is 2. The molecule has 6 nitrogen and oxygen atoms in total. The third-order valence-electron chi connectivity index (χ3n) is 3.59. The molecule has 0 bridgehead atoms. The molecule has 140 valence electrons. The van der Waals surface area contributed by atoms with Crippen molar-refractivity contribution in [2.75, 3.05) is 6.54 Å². The second-order valence-corrected chi connectivity index (χ2v) is 8.76. The van der Waals surface area contributed by atoms with Crippen molar-refractivity contribution >= 4 is 72.9 Å². The first-order chi connectivity index (χ1) is 12.8. The van der Waals surface area contributed by atoms with Crippen LogP contribution in [0.1, 0.15) is 15.9 Å². The summed E-state index contributed by atoms with van der Waals surface area (Å²) in [7, 11) is 0. The van der Waals surface area contributed by atoms with E-state index in [4.69, 9.17) is 5.26 Å². The second-order valence-electron chi connectivity index (χ2n) is 5.52. The average Bonchev–Trinajstić information content (AvgIpc) is 2.64. The molecule has 0 radical (unpaired) electrons. The molecule has 0 aliphatic carbocycles. The molecule has 2 aromatic rings. The summed E-state index contributed by atoms with van der Waals surface area (Å²) in [6.07, 6.45) is 0.228. The fourth-order valence-corrected chi connectivity index (χ4v) is 4.43. The number of aromatic hydroxyl groups is 1. The van der Waals surface area contributed by atoms with Crippen LogP contribution < -0.4 is 10.6 Å². The maximum Gasteiger partial charge on any atom is 0.251 e. The van der Waals surface area contributed by atoms with Crippen molar-refractivity contribution in [3.63, 3.8) is 0 Å². The Morgan fingerprint density at radius 1 is 1.19 bits per heavy atom. The summed E-state index contributed by atoms with van der Waals surface area (Å²) in [4.78, 5) is 24.9. The molecule has 2 amide bonds. The summed E-state index contributed by atoms with van der Waals surface area (Å²) in [5, 5.41) is 23.8. The highest BCUT2D eigenvalue weighted by Gasteiger charge is 2.22. The van der Waals surface area contributed by atoms with Crippen molar-refractivity contribution in [2.45, 2.75) is 12.5 Å². The molecule has 0 heterocycles. The van der Waals surface area contributed by atoms with Crippen LogP contribution >= 0.6 is 61.1 Å². The van der Waals surface area contributed by atoms with Crippen molar-refractivity contribution in [1.82, 2.24) is 10.6 Å². The fourth-order valence-electron chi connectivity index (χ4n) is 2.27. The smallest absolute Gasteiger partial charge is 0.251 e. The van der Waals surface area contributed by atoms with E-state index in [0.717, 1.165) is 10.0 Å². The number of benzene rings is 2. The third kappa shape index (κ3) is 6.32. The van der Waals surface area contributed by atoms with E-state index in [-0.39, 0.29) is 24.6 Å². The van der Waals surface area contributed by atoms with E-state index >= 15 is 0 Å². The Morgan fingerprint density at radius 2 is 1.78 bits per heavy atom. The predicted octanol–water partition coefficient (Wildman–Crippen LogP) is 3.34. The number of nitrogens with zero attached hydrogens (tertiary/aromatic N) is 1. The number of halogens is 3. The largest absolute Gasteiger partial charge is 0.506 e. The fraction of sp³-hybridized carbons (Fsp3) is 0.167. The van der Waals surface area contributed by atoms with Crippen LogP contribution in [-0.4, -0.2) is 29.5 Å². The molecule has 0 aromatic heterocycles. The summed E-state index contributed by atoms with van der Waals surface area (Å²) in [6.45, 7) is -0.145. The molecule has 0 aliphatic rings. The van der Waals surface area contributed by atoms with Crippen LogP contribution in [0.3, 0.4) is 0 Å². The first-order valence-corrected chi connectivity index (χ1v) is 10.6. The highest BCUT2D eigenvalue weighted by molar-refractivity contribution is 14.1. The van der Waals surface area contributed by atoms with Crippen molar-refractivity contribution < 1.29 is 14.7 Å². The van der Waals surface area contributed by atoms with Crippen LogP contribution in [-0.2, 0) is 11.2 Å². The van der Waals surface area contributed by atoms with Crippen molar-refractivity contribution in [3.8, 4) is 11.8 Å². The lowest BCUT2D eigenvalue weighted by molar-refractivity contribution is -0.122. The quantitative estimate of drug-likeness (QED) is 0.329. The van der Waals surface area contributed by atoms with Gasteiger partial charge in [-0.15, -0.1) is 0 Å². The predicted molar refractivity (Wildman–Crippen MR) is 121 cm³/mol. The van der Waals surface area contributed by atoms with Gasteiger partial charge >= 0.3 is 0 Å². The Morgan fingerprint density at radius 3 is 2.33 bits per heavy atom. The minimum absolute atomic E-state index is 0.145. The maximum absolute atomic E-state index is 12.5. The monoisotopic (exact) mass is 653 g/mol. The topological polar surface area (TPSA) is 102 Å². The minimum atomic E-state index is -0.856. The number of phenolic OH excluding ortho intramolecular Hbond substituents is 1. The Kier molecular flexibility index (Phi) is 8.30. The normalized spacial score (nSPS) is 11.3. The van der Waals surface area contributed by atoms with E-state index in [1.165, 1.54) is 0 Å². The molecule has 0 unspecified atom stereocenters. The molecule has 3 N–H and O–H groups in total. The molecule has 0 saturated heterocycles. The molecular weight excluding hydrogens is 640 g/mol. The van der Waals surface area contributed by atoms with Gasteiger partial charge in [-0.3, -0.25) is 9.59 Å². The number of rotatable bonds is 6. The van der Waals surface area contributed by atoms with Crippen LogP contribution in [0, 0.1) is 18.5 Å². The number of amides is 2. The molecule has 1 atom stereocenters. The van der Waals surface area contributed by atoms with Gasteiger partial charge in [0.25, 0.3) is 5.91 Å². The van der Waals surface area contributed by atoms with Gasteiger partial charge in [0.05, 0.1) is 13.2 Å². The number of hydrogen-bond acceptors (Lipinski definition) is 4. The number of phenols is 1. The van der Waals surface area contributed by atoms with Gasteiger partial charge in [-0.25, -0.2) is 0 Å². The standard InChI is InChI=1S/C18H14BrI2N3O3/c19-12-3-1-11(2-4-12)17(26)24-15(18(27)23-6-5-22)9-10-7-13(20)16(25)14(21)8-10/h1-4,7-8,15,25H,6,9H2,(H,23,27)(H,24,26)/t15-/m0/s1. The van der Waals surface area contributed by atoms with Crippen LogP contribution in [0.2, 0.25) is 0 Å². The van der Waals surface area contributed by atoms with E-state index < -0.39 is 11.9 Å². The first-order valence-electron chi connectivity index (χ1n) is 7.69. The van der Waals surface area contributed by atoms with Gasteiger partial charge in [0.15, 0.2) is 0 Å². The Bertz CT molecular complexity index is 875. The van der Waals surface area contributed by atoms with Gasteiger partial charge in [0.1, 0.15) is 18.3 Å². The molecule has 9 heteroatoms. The van der Waals surface area contributed by atoms with Crippen molar-refractivity contribution in [1.29, 1.82) is 5.26 Å². The Balaban J connectivity index is 2.23. The van der Waals surface area contributed by atoms with Crippen LogP contribution in [0.25, 0.3) is 0 Å². The van der Waals surface area contributed by atoms with E-state index in [9.17, 15) is 14.7 Å². The van der Waals surface area contributed by atoms with Gasteiger partial charge in [-0.05, 0) is 87.1 Å². The van der Waals surface area contributed by atoms with Gasteiger partial charge in [0.2, 0.25) is 5.91 Å². The highest BCUT2D eigenvalue weighted by Crippen LogP contribution is 2.27. The summed E-state index contributed by atoms with van der Waals surface area (Å²) < 4.78 is 2.16. The number of hydrogen-bond donors (Lipinski definition) is 3. The average molecular weight is 654 g/mol. The highest BCUT2D eigenvalue weighted by atomic mass is 127. The number of nitriles is 1. The maximum atomic E-state index is 12.5. The molecular formula is C18H14BrI2N3O3. The van der Waals surface area contributed by atoms with Gasteiger partial charge in [0, 0.05) is 16.5 Å². The van der Waals surface area contributed by atoms with Gasteiger partial charge in [-0.1, -0.05) is 15.9 Å². The van der Waals surface area contributed by atoms with E-state index in [2.05, 4.69) is 26.6 Å². The van der Waals surface area contributed by atoms with Crippen LogP contribution in [0.15, 0.2) is 40.9 Å². The Hall–Kier alpha value is -1.39. The van der Waals surface area contributed by atoms with Crippen molar-refractivity contribution in [2.24, 2.45) is 0 Å². The zero-order valence-corrected chi connectivity index (χ0v) is 19.7. The van der Waals surface area contributed by atoms with E-state index in [1.807, 2.05) is 51.3 Å². The lowest BCUT2D eigenvalue weighted by Gasteiger charge is -2.18. The summed E-state index contributed by atoms with van der Waals surface area (Å²) >= 11 is 7.33. The van der Waals surface area contributed by atoms with E-state index in [1.54, 1.807) is 36.4 Å². The molecule has 2 rings (SSSR count). The Labute approximate surface area is 192 Å². The third-order valence-corrected chi connectivity index (χ3v) is 5.76. The second kappa shape index (κ2) is 10.2. The molecule has 0 aliphatic heterocycles. The lowest BCUT2D eigenvalue weighted by Crippen LogP contribution is -2.48. The minimum Gasteiger partial charge on any atom is -0.506 e. The summed E-state index contributed by atoms with van der Waals surface area (Å²) in [5.41, 5.74) is 1.21. The molecule has 0 fully saturated rings. The van der Waals surface area contributed by atoms with Crippen LogP contribution in [0.4, 0.5) is 0 Å². The zero-order chi connectivity index (χ0) is 20.0. The van der Waals surface area contributed by atoms with Crippen LogP contribution in [0.5, 0.6) is 5.75 Å². The molecule has 0 saturated carbocycles. The zero-order valence-electron chi connectivity index (χ0n) is 13.8. The lowest BCUT2D eigenvalue weighted by atomic mass is 10.0.